The maximum absolute atomic E-state index is 6.17. The van der Waals surface area contributed by atoms with Crippen LogP contribution in [0.25, 0.3) is 0 Å². The van der Waals surface area contributed by atoms with Gasteiger partial charge in [0, 0.05) is 15.5 Å². The van der Waals surface area contributed by atoms with E-state index in [1.165, 1.54) is 0 Å². The molecule has 0 saturated heterocycles. The molecule has 0 aliphatic carbocycles. The molecule has 1 atom stereocenters. The molecule has 0 aliphatic heterocycles. The van der Waals surface area contributed by atoms with Gasteiger partial charge < -0.3 is 5.32 Å². The summed E-state index contributed by atoms with van der Waals surface area (Å²) >= 11 is 17.2. The van der Waals surface area contributed by atoms with Gasteiger partial charge in [0.2, 0.25) is 0 Å². The standard InChI is InChI=1S/C11H9BrCl2N2S/c1-15-10(11-7(12)2-3-17-11)9-8(14)4-6(13)5-16-9/h2-5,10,15H,1H3. The second kappa shape index (κ2) is 5.67. The second-order valence-electron chi connectivity index (χ2n) is 3.38. The summed E-state index contributed by atoms with van der Waals surface area (Å²) in [6, 6.07) is 3.68. The molecule has 90 valence electrons. The number of thiophene rings is 1. The number of pyridine rings is 1. The number of nitrogens with one attached hydrogen (secondary N) is 1. The maximum Gasteiger partial charge on any atom is 0.0869 e. The van der Waals surface area contributed by atoms with Crippen LogP contribution in [-0.2, 0) is 0 Å². The molecule has 0 amide bonds. The Bertz CT molecular complexity index is 530. The highest BCUT2D eigenvalue weighted by Gasteiger charge is 2.20. The van der Waals surface area contributed by atoms with Crippen LogP contribution in [0.2, 0.25) is 10.0 Å². The molecule has 0 aliphatic rings. The van der Waals surface area contributed by atoms with E-state index < -0.39 is 0 Å². The third-order valence-corrected chi connectivity index (χ3v) is 4.75. The number of nitrogens with zero attached hydrogens (tertiary/aromatic N) is 1. The molecule has 17 heavy (non-hydrogen) atoms. The summed E-state index contributed by atoms with van der Waals surface area (Å²) in [4.78, 5) is 5.45. The Balaban J connectivity index is 2.46. The highest BCUT2D eigenvalue weighted by atomic mass is 79.9. The Hall–Kier alpha value is -0.130. The Morgan fingerprint density at radius 1 is 1.47 bits per heavy atom. The lowest BCUT2D eigenvalue weighted by molar-refractivity contribution is 0.680. The third kappa shape index (κ3) is 2.83. The van der Waals surface area contributed by atoms with Crippen molar-refractivity contribution < 1.29 is 0 Å². The van der Waals surface area contributed by atoms with Gasteiger partial charge in [0.1, 0.15) is 0 Å². The van der Waals surface area contributed by atoms with Crippen LogP contribution < -0.4 is 5.32 Å². The second-order valence-corrected chi connectivity index (χ2v) is 6.02. The zero-order valence-corrected chi connectivity index (χ0v) is 12.8. The third-order valence-electron chi connectivity index (χ3n) is 2.31. The van der Waals surface area contributed by atoms with Crippen LogP contribution in [0, 0.1) is 0 Å². The van der Waals surface area contributed by atoms with Crippen molar-refractivity contribution in [3.05, 3.63) is 48.8 Å². The molecule has 1 unspecified atom stereocenters. The SMILES string of the molecule is CNC(c1ncc(Cl)cc1Cl)c1sccc1Br. The number of hydrogen-bond acceptors (Lipinski definition) is 3. The fourth-order valence-corrected chi connectivity index (χ4v) is 3.74. The van der Waals surface area contributed by atoms with Crippen LogP contribution >= 0.6 is 50.5 Å². The van der Waals surface area contributed by atoms with E-state index in [1.54, 1.807) is 23.6 Å². The van der Waals surface area contributed by atoms with Crippen LogP contribution in [0.1, 0.15) is 16.6 Å². The van der Waals surface area contributed by atoms with Crippen LogP contribution in [0.5, 0.6) is 0 Å². The molecular formula is C11H9BrCl2N2S. The molecule has 0 radical (unpaired) electrons. The minimum absolute atomic E-state index is 0.0332. The molecule has 1 N–H and O–H groups in total. The molecule has 2 rings (SSSR count). The van der Waals surface area contributed by atoms with Gasteiger partial charge in [-0.1, -0.05) is 23.2 Å². The molecule has 6 heteroatoms. The lowest BCUT2D eigenvalue weighted by atomic mass is 10.1. The monoisotopic (exact) mass is 350 g/mol. The van der Waals surface area contributed by atoms with E-state index in [9.17, 15) is 0 Å². The summed E-state index contributed by atoms with van der Waals surface area (Å²) in [6.45, 7) is 0. The first-order valence-electron chi connectivity index (χ1n) is 4.84. The van der Waals surface area contributed by atoms with E-state index >= 15 is 0 Å². The predicted octanol–water partition coefficient (Wildman–Crippen LogP) is 4.52. The summed E-state index contributed by atoms with van der Waals surface area (Å²) in [6.07, 6.45) is 1.61. The van der Waals surface area contributed by atoms with E-state index in [0.717, 1.165) is 15.0 Å². The van der Waals surface area contributed by atoms with Crippen molar-refractivity contribution in [3.63, 3.8) is 0 Å². The van der Waals surface area contributed by atoms with Crippen molar-refractivity contribution in [1.82, 2.24) is 10.3 Å². The van der Waals surface area contributed by atoms with Gasteiger partial charge in [-0.15, -0.1) is 11.3 Å². The van der Waals surface area contributed by atoms with Gasteiger partial charge in [0.15, 0.2) is 0 Å². The highest BCUT2D eigenvalue weighted by molar-refractivity contribution is 9.10. The maximum atomic E-state index is 6.17. The Morgan fingerprint density at radius 2 is 2.24 bits per heavy atom. The van der Waals surface area contributed by atoms with E-state index in [4.69, 9.17) is 23.2 Å². The van der Waals surface area contributed by atoms with Crippen molar-refractivity contribution in [2.45, 2.75) is 6.04 Å². The summed E-state index contributed by atoms with van der Waals surface area (Å²) in [5, 5.41) is 6.34. The van der Waals surface area contributed by atoms with Crippen LogP contribution in [-0.4, -0.2) is 12.0 Å². The summed E-state index contributed by atoms with van der Waals surface area (Å²) in [5.74, 6) is 0. The van der Waals surface area contributed by atoms with Crippen molar-refractivity contribution in [3.8, 4) is 0 Å². The fraction of sp³-hybridized carbons (Fsp3) is 0.182. The molecule has 2 nitrogen and oxygen atoms in total. The zero-order chi connectivity index (χ0) is 12.4. The van der Waals surface area contributed by atoms with E-state index in [0.29, 0.717) is 10.0 Å². The van der Waals surface area contributed by atoms with Crippen LogP contribution in [0.3, 0.4) is 0 Å². The van der Waals surface area contributed by atoms with E-state index in [2.05, 4.69) is 26.2 Å². The van der Waals surface area contributed by atoms with Crippen molar-refractivity contribution >= 4 is 50.5 Å². The molecular weight excluding hydrogens is 343 g/mol. The molecule has 2 aromatic rings. The van der Waals surface area contributed by atoms with Gasteiger partial charge in [0.05, 0.1) is 21.8 Å². The number of aromatic nitrogens is 1. The Labute approximate surface area is 122 Å². The lowest BCUT2D eigenvalue weighted by Crippen LogP contribution is -2.18. The van der Waals surface area contributed by atoms with E-state index in [-0.39, 0.29) is 6.04 Å². The number of halogens is 3. The van der Waals surface area contributed by atoms with Gasteiger partial charge in [-0.2, -0.15) is 0 Å². The van der Waals surface area contributed by atoms with Crippen LogP contribution in [0.4, 0.5) is 0 Å². The molecule has 2 aromatic heterocycles. The average molecular weight is 352 g/mol. The predicted molar refractivity (Wildman–Crippen MR) is 77.2 cm³/mol. The van der Waals surface area contributed by atoms with E-state index in [1.807, 2.05) is 18.5 Å². The topological polar surface area (TPSA) is 24.9 Å². The van der Waals surface area contributed by atoms with Crippen molar-refractivity contribution in [1.29, 1.82) is 0 Å². The van der Waals surface area contributed by atoms with Crippen LogP contribution in [0.15, 0.2) is 28.2 Å². The van der Waals surface area contributed by atoms with Crippen molar-refractivity contribution in [2.75, 3.05) is 7.05 Å². The molecule has 0 bridgehead atoms. The minimum Gasteiger partial charge on any atom is -0.307 e. The Morgan fingerprint density at radius 3 is 2.76 bits per heavy atom. The van der Waals surface area contributed by atoms with Gasteiger partial charge >= 0.3 is 0 Å². The number of rotatable bonds is 3. The number of hydrogen-bond donors (Lipinski definition) is 1. The summed E-state index contributed by atoms with van der Waals surface area (Å²) < 4.78 is 1.05. The molecule has 0 aromatic carbocycles. The molecule has 2 heterocycles. The summed E-state index contributed by atoms with van der Waals surface area (Å²) in [5.41, 5.74) is 0.779. The first-order chi connectivity index (χ1) is 8.13. The average Bonchev–Trinajstić information content (AvgIpc) is 2.69. The molecule has 0 fully saturated rings. The van der Waals surface area contributed by atoms with Gasteiger partial charge in [-0.3, -0.25) is 4.98 Å². The largest absolute Gasteiger partial charge is 0.307 e. The smallest absolute Gasteiger partial charge is 0.0869 e. The summed E-state index contributed by atoms with van der Waals surface area (Å²) in [7, 11) is 1.88. The normalized spacial score (nSPS) is 12.7. The molecule has 0 saturated carbocycles. The molecule has 0 spiro atoms. The van der Waals surface area contributed by atoms with Gasteiger partial charge in [-0.25, -0.2) is 0 Å². The zero-order valence-electron chi connectivity index (χ0n) is 8.88. The van der Waals surface area contributed by atoms with Crippen molar-refractivity contribution in [2.24, 2.45) is 0 Å². The Kier molecular flexibility index (Phi) is 4.44. The van der Waals surface area contributed by atoms with Gasteiger partial charge in [0.25, 0.3) is 0 Å². The quantitative estimate of drug-likeness (QED) is 0.879. The first-order valence-corrected chi connectivity index (χ1v) is 7.27. The highest BCUT2D eigenvalue weighted by Crippen LogP contribution is 2.35. The van der Waals surface area contributed by atoms with Gasteiger partial charge in [-0.05, 0) is 40.5 Å². The lowest BCUT2D eigenvalue weighted by Gasteiger charge is -2.16. The first kappa shape index (κ1) is 13.3. The fourth-order valence-electron chi connectivity index (χ4n) is 1.54. The minimum atomic E-state index is -0.0332.